The Bertz CT molecular complexity index is 355. The molecule has 0 unspecified atom stereocenters. The fraction of sp³-hybridized carbons (Fsp3) is 0.500. The summed E-state index contributed by atoms with van der Waals surface area (Å²) in [6.45, 7) is 2.09. The second-order valence-electron chi connectivity index (χ2n) is 3.84. The van der Waals surface area contributed by atoms with E-state index in [2.05, 4.69) is 12.2 Å². The minimum Gasteiger partial charge on any atom is -0.346 e. The molecule has 2 nitrogen and oxygen atoms in total. The molecule has 1 heterocycles. The van der Waals surface area contributed by atoms with E-state index in [1.165, 1.54) is 4.21 Å². The zero-order valence-corrected chi connectivity index (χ0v) is 9.93. The Morgan fingerprint density at radius 3 is 2.79 bits per heavy atom. The molecule has 0 bridgehead atoms. The zero-order chi connectivity index (χ0) is 10.2. The minimum absolute atomic E-state index is 0.0790. The highest BCUT2D eigenvalue weighted by Crippen LogP contribution is 2.35. The molecule has 1 saturated carbocycles. The van der Waals surface area contributed by atoms with Gasteiger partial charge in [-0.05, 0) is 38.2 Å². The number of rotatable bonds is 3. The molecule has 4 heteroatoms. The van der Waals surface area contributed by atoms with Crippen LogP contribution in [0.5, 0.6) is 0 Å². The first-order valence-corrected chi connectivity index (χ1v) is 6.63. The van der Waals surface area contributed by atoms with Gasteiger partial charge in [0.15, 0.2) is 0 Å². The maximum atomic E-state index is 11.7. The predicted octanol–water partition coefficient (Wildman–Crippen LogP) is 2.75. The van der Waals surface area contributed by atoms with E-state index >= 15 is 0 Å². The summed E-state index contributed by atoms with van der Waals surface area (Å²) in [6.07, 6.45) is 4.24. The molecule has 0 atom stereocenters. The second-order valence-corrected chi connectivity index (χ2v) is 6.03. The van der Waals surface area contributed by atoms with Gasteiger partial charge in [0.25, 0.3) is 5.91 Å². The average Bonchev–Trinajstić information content (AvgIpc) is 2.71. The van der Waals surface area contributed by atoms with Gasteiger partial charge in [0.2, 0.25) is 0 Å². The van der Waals surface area contributed by atoms with Crippen LogP contribution in [0.25, 0.3) is 0 Å². The lowest BCUT2D eigenvalue weighted by atomic mass is 10.3. The number of carbonyl (C=O) groups is 1. The fourth-order valence-corrected chi connectivity index (χ4v) is 2.64. The Hall–Kier alpha value is -0.480. The van der Waals surface area contributed by atoms with Gasteiger partial charge < -0.3 is 5.32 Å². The van der Waals surface area contributed by atoms with Crippen molar-refractivity contribution in [1.82, 2.24) is 5.32 Å². The highest BCUT2D eigenvalue weighted by atomic mass is 32.2. The van der Waals surface area contributed by atoms with E-state index in [0.29, 0.717) is 0 Å². The van der Waals surface area contributed by atoms with E-state index in [-0.39, 0.29) is 11.4 Å². The van der Waals surface area contributed by atoms with Crippen LogP contribution in [0.4, 0.5) is 0 Å². The number of carbonyl (C=O) groups excluding carboxylic acids is 1. The molecule has 0 radical (unpaired) electrons. The lowest BCUT2D eigenvalue weighted by molar-refractivity contribution is 0.0939. The average molecular weight is 227 g/mol. The Labute approximate surface area is 92.1 Å². The maximum absolute atomic E-state index is 11.7. The number of hydrogen-bond donors (Lipinski definition) is 1. The van der Waals surface area contributed by atoms with Crippen LogP contribution in [0.15, 0.2) is 16.3 Å². The number of thiophene rings is 1. The van der Waals surface area contributed by atoms with Crippen LogP contribution in [-0.4, -0.2) is 17.7 Å². The van der Waals surface area contributed by atoms with Crippen molar-refractivity contribution in [2.24, 2.45) is 0 Å². The van der Waals surface area contributed by atoms with E-state index in [4.69, 9.17) is 0 Å². The molecule has 1 amide bonds. The predicted molar refractivity (Wildman–Crippen MR) is 61.2 cm³/mol. The van der Waals surface area contributed by atoms with E-state index in [1.807, 2.05) is 18.4 Å². The molecule has 1 aliphatic carbocycles. The van der Waals surface area contributed by atoms with E-state index < -0.39 is 0 Å². The van der Waals surface area contributed by atoms with Crippen molar-refractivity contribution in [3.05, 3.63) is 17.0 Å². The largest absolute Gasteiger partial charge is 0.346 e. The molecule has 0 aromatic carbocycles. The van der Waals surface area contributed by atoms with Crippen LogP contribution in [0, 0.1) is 0 Å². The Morgan fingerprint density at radius 1 is 1.57 bits per heavy atom. The van der Waals surface area contributed by atoms with Crippen molar-refractivity contribution in [3.8, 4) is 0 Å². The number of amides is 1. The SMILES string of the molecule is CSc1ccc(C(=O)NC2(C)CC2)s1. The van der Waals surface area contributed by atoms with Gasteiger partial charge in [-0.25, -0.2) is 0 Å². The molecule has 1 aromatic rings. The van der Waals surface area contributed by atoms with Gasteiger partial charge in [0.1, 0.15) is 0 Å². The van der Waals surface area contributed by atoms with Crippen LogP contribution >= 0.6 is 23.1 Å². The van der Waals surface area contributed by atoms with Gasteiger partial charge in [-0.1, -0.05) is 0 Å². The van der Waals surface area contributed by atoms with Gasteiger partial charge in [-0.15, -0.1) is 23.1 Å². The third kappa shape index (κ3) is 2.12. The summed E-state index contributed by atoms with van der Waals surface area (Å²) < 4.78 is 1.19. The molecular weight excluding hydrogens is 214 g/mol. The molecule has 1 aromatic heterocycles. The lowest BCUT2D eigenvalue weighted by Crippen LogP contribution is -2.33. The van der Waals surface area contributed by atoms with Crippen LogP contribution < -0.4 is 5.32 Å². The monoisotopic (exact) mass is 227 g/mol. The quantitative estimate of drug-likeness (QED) is 0.804. The van der Waals surface area contributed by atoms with Gasteiger partial charge in [-0.2, -0.15) is 0 Å². The van der Waals surface area contributed by atoms with Gasteiger partial charge in [-0.3, -0.25) is 4.79 Å². The lowest BCUT2D eigenvalue weighted by Gasteiger charge is -2.09. The highest BCUT2D eigenvalue weighted by Gasteiger charge is 2.38. The summed E-state index contributed by atoms with van der Waals surface area (Å²) in [5, 5.41) is 3.05. The maximum Gasteiger partial charge on any atom is 0.261 e. The summed E-state index contributed by atoms with van der Waals surface area (Å²) in [5.41, 5.74) is 0.0839. The molecule has 1 aliphatic rings. The summed E-state index contributed by atoms with van der Waals surface area (Å²) in [6, 6.07) is 3.90. The Kier molecular flexibility index (Phi) is 2.58. The molecule has 1 N–H and O–H groups in total. The van der Waals surface area contributed by atoms with E-state index in [9.17, 15) is 4.79 Å². The standard InChI is InChI=1S/C10H13NOS2/c1-10(5-6-10)11-9(12)7-3-4-8(13-2)14-7/h3-4H,5-6H2,1-2H3,(H,11,12). The first-order chi connectivity index (χ1) is 6.63. The van der Waals surface area contributed by atoms with Gasteiger partial charge in [0.05, 0.1) is 9.09 Å². The molecular formula is C10H13NOS2. The molecule has 1 fully saturated rings. The third-order valence-corrected chi connectivity index (χ3v) is 4.59. The molecule has 0 spiro atoms. The summed E-state index contributed by atoms with van der Waals surface area (Å²) in [4.78, 5) is 12.5. The van der Waals surface area contributed by atoms with Crippen molar-refractivity contribution in [3.63, 3.8) is 0 Å². The van der Waals surface area contributed by atoms with Crippen LogP contribution in [-0.2, 0) is 0 Å². The number of thioether (sulfide) groups is 1. The fourth-order valence-electron chi connectivity index (χ4n) is 1.20. The van der Waals surface area contributed by atoms with E-state index in [0.717, 1.165) is 17.7 Å². The summed E-state index contributed by atoms with van der Waals surface area (Å²) in [7, 11) is 0. The molecule has 0 aliphatic heterocycles. The van der Waals surface area contributed by atoms with Crippen molar-refractivity contribution < 1.29 is 4.79 Å². The van der Waals surface area contributed by atoms with Crippen molar-refractivity contribution >= 4 is 29.0 Å². The number of nitrogens with one attached hydrogen (secondary N) is 1. The third-order valence-electron chi connectivity index (χ3n) is 2.42. The molecule has 2 rings (SSSR count). The van der Waals surface area contributed by atoms with Crippen LogP contribution in [0.1, 0.15) is 29.4 Å². The molecule has 76 valence electrons. The van der Waals surface area contributed by atoms with Gasteiger partial charge >= 0.3 is 0 Å². The first kappa shape index (κ1) is 10.1. The van der Waals surface area contributed by atoms with E-state index in [1.54, 1.807) is 23.1 Å². The van der Waals surface area contributed by atoms with Gasteiger partial charge in [0, 0.05) is 5.54 Å². The highest BCUT2D eigenvalue weighted by molar-refractivity contribution is 8.00. The second kappa shape index (κ2) is 3.59. The zero-order valence-electron chi connectivity index (χ0n) is 8.29. The van der Waals surface area contributed by atoms with Crippen molar-refractivity contribution in [2.45, 2.75) is 29.5 Å². The molecule has 0 saturated heterocycles. The minimum atomic E-state index is 0.0790. The Balaban J connectivity index is 2.03. The Morgan fingerprint density at radius 2 is 2.29 bits per heavy atom. The molecule has 14 heavy (non-hydrogen) atoms. The van der Waals surface area contributed by atoms with Crippen molar-refractivity contribution in [2.75, 3.05) is 6.26 Å². The topological polar surface area (TPSA) is 29.1 Å². The first-order valence-electron chi connectivity index (χ1n) is 4.59. The summed E-state index contributed by atoms with van der Waals surface area (Å²) in [5.74, 6) is 0.0790. The van der Waals surface area contributed by atoms with Crippen molar-refractivity contribution in [1.29, 1.82) is 0 Å². The van der Waals surface area contributed by atoms with Crippen LogP contribution in [0.3, 0.4) is 0 Å². The van der Waals surface area contributed by atoms with Crippen LogP contribution in [0.2, 0.25) is 0 Å². The summed E-state index contributed by atoms with van der Waals surface area (Å²) >= 11 is 3.24. The normalized spacial score (nSPS) is 17.9. The number of hydrogen-bond acceptors (Lipinski definition) is 3. The smallest absolute Gasteiger partial charge is 0.261 e.